The lowest BCUT2D eigenvalue weighted by Crippen LogP contribution is -2.28. The summed E-state index contributed by atoms with van der Waals surface area (Å²) in [6, 6.07) is 13.6. The molecule has 0 aliphatic heterocycles. The van der Waals surface area contributed by atoms with Crippen molar-refractivity contribution in [1.29, 1.82) is 0 Å². The van der Waals surface area contributed by atoms with Gasteiger partial charge in [0.05, 0.1) is 0 Å². The number of rotatable bonds is 5. The number of halogens is 1. The standard InChI is InChI=1S/C16H16FNO2/c1-12-4-2-7-15(8-12)20-11-16(19)18-10-13-5-3-6-14(17)9-13/h2-9H,10-11H2,1H3,(H,18,19). The maximum atomic E-state index is 13.0. The zero-order valence-electron chi connectivity index (χ0n) is 11.2. The Bertz CT molecular complexity index is 547. The van der Waals surface area contributed by atoms with E-state index in [2.05, 4.69) is 5.32 Å². The molecule has 0 aromatic heterocycles. The van der Waals surface area contributed by atoms with Crippen molar-refractivity contribution in [2.75, 3.05) is 6.61 Å². The van der Waals surface area contributed by atoms with Crippen LogP contribution in [0.1, 0.15) is 11.1 Å². The van der Waals surface area contributed by atoms with Gasteiger partial charge in [0.2, 0.25) is 0 Å². The summed E-state index contributed by atoms with van der Waals surface area (Å²) in [5.41, 5.74) is 1.79. The van der Waals surface area contributed by atoms with Crippen molar-refractivity contribution in [2.24, 2.45) is 0 Å². The SMILES string of the molecule is Cc1cccc(OCC(=O)NCc2cccc(F)c2)c1. The first-order valence-corrected chi connectivity index (χ1v) is 6.34. The molecule has 2 aromatic rings. The summed E-state index contributed by atoms with van der Waals surface area (Å²) >= 11 is 0. The van der Waals surface area contributed by atoms with Gasteiger partial charge in [-0.15, -0.1) is 0 Å². The molecule has 4 heteroatoms. The summed E-state index contributed by atoms with van der Waals surface area (Å²) in [6.07, 6.45) is 0. The molecule has 0 radical (unpaired) electrons. The maximum absolute atomic E-state index is 13.0. The van der Waals surface area contributed by atoms with Gasteiger partial charge < -0.3 is 10.1 Å². The maximum Gasteiger partial charge on any atom is 0.258 e. The van der Waals surface area contributed by atoms with Crippen LogP contribution in [-0.2, 0) is 11.3 Å². The molecule has 20 heavy (non-hydrogen) atoms. The highest BCUT2D eigenvalue weighted by Gasteiger charge is 2.03. The van der Waals surface area contributed by atoms with E-state index in [0.717, 1.165) is 5.56 Å². The first kappa shape index (κ1) is 14.1. The van der Waals surface area contributed by atoms with E-state index in [0.29, 0.717) is 11.3 Å². The second-order valence-corrected chi connectivity index (χ2v) is 4.51. The molecule has 0 fully saturated rings. The Morgan fingerprint density at radius 3 is 2.75 bits per heavy atom. The predicted molar refractivity (Wildman–Crippen MR) is 74.9 cm³/mol. The van der Waals surface area contributed by atoms with Crippen molar-refractivity contribution in [3.8, 4) is 5.75 Å². The van der Waals surface area contributed by atoms with Gasteiger partial charge in [0.15, 0.2) is 6.61 Å². The monoisotopic (exact) mass is 273 g/mol. The Labute approximate surface area is 117 Å². The third-order valence-electron chi connectivity index (χ3n) is 2.74. The van der Waals surface area contributed by atoms with Crippen LogP contribution in [0.15, 0.2) is 48.5 Å². The third kappa shape index (κ3) is 4.39. The number of hydrogen-bond acceptors (Lipinski definition) is 2. The van der Waals surface area contributed by atoms with Crippen molar-refractivity contribution >= 4 is 5.91 Å². The smallest absolute Gasteiger partial charge is 0.258 e. The summed E-state index contributed by atoms with van der Waals surface area (Å²) in [7, 11) is 0. The third-order valence-corrected chi connectivity index (χ3v) is 2.74. The number of nitrogens with one attached hydrogen (secondary N) is 1. The molecule has 0 saturated carbocycles. The summed E-state index contributed by atoms with van der Waals surface area (Å²) in [6.45, 7) is 2.18. The second-order valence-electron chi connectivity index (χ2n) is 4.51. The van der Waals surface area contributed by atoms with Crippen LogP contribution in [0, 0.1) is 12.7 Å². The van der Waals surface area contributed by atoms with Gasteiger partial charge in [0.1, 0.15) is 11.6 Å². The molecule has 104 valence electrons. The largest absolute Gasteiger partial charge is 0.484 e. The van der Waals surface area contributed by atoms with Crippen LogP contribution in [0.4, 0.5) is 4.39 Å². The molecule has 0 aliphatic carbocycles. The Kier molecular flexibility index (Phi) is 4.71. The van der Waals surface area contributed by atoms with Crippen LogP contribution in [0.25, 0.3) is 0 Å². The highest BCUT2D eigenvalue weighted by atomic mass is 19.1. The molecule has 2 aromatic carbocycles. The number of hydrogen-bond donors (Lipinski definition) is 1. The van der Waals surface area contributed by atoms with E-state index in [1.165, 1.54) is 12.1 Å². The summed E-state index contributed by atoms with van der Waals surface area (Å²) in [5.74, 6) is 0.106. The molecule has 1 amide bonds. The number of aryl methyl sites for hydroxylation is 1. The average Bonchev–Trinajstić information content (AvgIpc) is 2.43. The van der Waals surface area contributed by atoms with Crippen LogP contribution in [0.5, 0.6) is 5.75 Å². The van der Waals surface area contributed by atoms with Crippen molar-refractivity contribution in [2.45, 2.75) is 13.5 Å². The van der Waals surface area contributed by atoms with E-state index in [-0.39, 0.29) is 24.9 Å². The number of carbonyl (C=O) groups excluding carboxylic acids is 1. The lowest BCUT2D eigenvalue weighted by molar-refractivity contribution is -0.123. The quantitative estimate of drug-likeness (QED) is 0.909. The van der Waals surface area contributed by atoms with Gasteiger partial charge in [-0.05, 0) is 42.3 Å². The van der Waals surface area contributed by atoms with E-state index in [1.54, 1.807) is 18.2 Å². The fourth-order valence-electron chi connectivity index (χ4n) is 1.75. The molecule has 2 rings (SSSR count). The molecule has 0 bridgehead atoms. The molecular weight excluding hydrogens is 257 g/mol. The Morgan fingerprint density at radius 1 is 1.20 bits per heavy atom. The topological polar surface area (TPSA) is 38.3 Å². The van der Waals surface area contributed by atoms with Gasteiger partial charge in [-0.2, -0.15) is 0 Å². The minimum atomic E-state index is -0.312. The van der Waals surface area contributed by atoms with Gasteiger partial charge in [-0.1, -0.05) is 24.3 Å². The molecule has 0 unspecified atom stereocenters. The molecule has 1 N–H and O–H groups in total. The summed E-state index contributed by atoms with van der Waals surface area (Å²) in [5, 5.41) is 2.68. The Balaban J connectivity index is 1.78. The van der Waals surface area contributed by atoms with Crippen LogP contribution >= 0.6 is 0 Å². The molecular formula is C16H16FNO2. The zero-order chi connectivity index (χ0) is 14.4. The molecule has 0 atom stereocenters. The van der Waals surface area contributed by atoms with Gasteiger partial charge in [0, 0.05) is 6.54 Å². The Morgan fingerprint density at radius 2 is 2.00 bits per heavy atom. The predicted octanol–water partition coefficient (Wildman–Crippen LogP) is 2.83. The lowest BCUT2D eigenvalue weighted by atomic mass is 10.2. The normalized spacial score (nSPS) is 10.1. The van der Waals surface area contributed by atoms with Crippen molar-refractivity contribution in [3.05, 3.63) is 65.5 Å². The number of ether oxygens (including phenoxy) is 1. The van der Waals surface area contributed by atoms with Crippen LogP contribution in [0.2, 0.25) is 0 Å². The van der Waals surface area contributed by atoms with Gasteiger partial charge in [0.25, 0.3) is 5.91 Å². The van der Waals surface area contributed by atoms with E-state index < -0.39 is 0 Å². The summed E-state index contributed by atoms with van der Waals surface area (Å²) in [4.78, 5) is 11.6. The molecule has 0 saturated heterocycles. The van der Waals surface area contributed by atoms with Gasteiger partial charge >= 0.3 is 0 Å². The first-order valence-electron chi connectivity index (χ1n) is 6.34. The highest BCUT2D eigenvalue weighted by molar-refractivity contribution is 5.77. The number of benzene rings is 2. The van der Waals surface area contributed by atoms with E-state index >= 15 is 0 Å². The molecule has 0 spiro atoms. The number of amides is 1. The minimum Gasteiger partial charge on any atom is -0.484 e. The molecule has 0 heterocycles. The van der Waals surface area contributed by atoms with Crippen molar-refractivity contribution in [3.63, 3.8) is 0 Å². The van der Waals surface area contributed by atoms with Crippen molar-refractivity contribution < 1.29 is 13.9 Å². The zero-order valence-corrected chi connectivity index (χ0v) is 11.2. The molecule has 0 aliphatic rings. The van der Waals surface area contributed by atoms with E-state index in [4.69, 9.17) is 4.74 Å². The lowest BCUT2D eigenvalue weighted by Gasteiger charge is -2.08. The number of carbonyl (C=O) groups is 1. The first-order chi connectivity index (χ1) is 9.63. The van der Waals surface area contributed by atoms with Gasteiger partial charge in [-0.25, -0.2) is 4.39 Å². The van der Waals surface area contributed by atoms with Crippen LogP contribution < -0.4 is 10.1 Å². The van der Waals surface area contributed by atoms with Gasteiger partial charge in [-0.3, -0.25) is 4.79 Å². The average molecular weight is 273 g/mol. The van der Waals surface area contributed by atoms with Crippen LogP contribution in [0.3, 0.4) is 0 Å². The fraction of sp³-hybridized carbons (Fsp3) is 0.188. The molecule has 3 nitrogen and oxygen atoms in total. The van der Waals surface area contributed by atoms with Crippen molar-refractivity contribution in [1.82, 2.24) is 5.32 Å². The Hall–Kier alpha value is -2.36. The highest BCUT2D eigenvalue weighted by Crippen LogP contribution is 2.11. The summed E-state index contributed by atoms with van der Waals surface area (Å²) < 4.78 is 18.3. The fourth-order valence-corrected chi connectivity index (χ4v) is 1.75. The minimum absolute atomic E-state index is 0.0568. The van der Waals surface area contributed by atoms with E-state index in [1.807, 2.05) is 25.1 Å². The van der Waals surface area contributed by atoms with E-state index in [9.17, 15) is 9.18 Å². The van der Waals surface area contributed by atoms with Crippen LogP contribution in [-0.4, -0.2) is 12.5 Å². The second kappa shape index (κ2) is 6.70.